The number of nitrogens with zero attached hydrogens (tertiary/aromatic N) is 2. The van der Waals surface area contributed by atoms with E-state index in [4.69, 9.17) is 0 Å². The van der Waals surface area contributed by atoms with Crippen LogP contribution in [0.3, 0.4) is 0 Å². The van der Waals surface area contributed by atoms with Crippen LogP contribution in [0, 0.1) is 0 Å². The molecule has 2 rings (SSSR count). The van der Waals surface area contributed by atoms with Crippen molar-refractivity contribution >= 4 is 9.84 Å². The highest BCUT2D eigenvalue weighted by Crippen LogP contribution is 2.31. The van der Waals surface area contributed by atoms with Crippen molar-refractivity contribution in [1.82, 2.24) is 9.55 Å². The van der Waals surface area contributed by atoms with Crippen molar-refractivity contribution in [3.8, 4) is 0 Å². The third kappa shape index (κ3) is 2.40. The maximum atomic E-state index is 11.5. The van der Waals surface area contributed by atoms with Crippen LogP contribution < -0.4 is 0 Å². The fourth-order valence-corrected chi connectivity index (χ4v) is 3.43. The number of aromatic nitrogens is 2. The summed E-state index contributed by atoms with van der Waals surface area (Å²) in [5, 5.41) is -0.168. The van der Waals surface area contributed by atoms with Gasteiger partial charge in [-0.25, -0.2) is 13.4 Å². The Bertz CT molecular complexity index is 411. The first-order valence-electron chi connectivity index (χ1n) is 5.23. The van der Waals surface area contributed by atoms with Crippen molar-refractivity contribution in [2.24, 2.45) is 0 Å². The van der Waals surface area contributed by atoms with Crippen molar-refractivity contribution < 1.29 is 8.42 Å². The van der Waals surface area contributed by atoms with Gasteiger partial charge in [0.25, 0.3) is 0 Å². The zero-order chi connectivity index (χ0) is 10.9. The quantitative estimate of drug-likeness (QED) is 0.769. The molecule has 0 saturated heterocycles. The molecule has 1 aliphatic rings. The van der Waals surface area contributed by atoms with Gasteiger partial charge < -0.3 is 4.57 Å². The molecule has 1 heterocycles. The van der Waals surface area contributed by atoms with Gasteiger partial charge in [0.1, 0.15) is 9.84 Å². The van der Waals surface area contributed by atoms with E-state index in [1.807, 2.05) is 10.8 Å². The molecule has 1 aromatic rings. The van der Waals surface area contributed by atoms with Gasteiger partial charge in [0, 0.05) is 24.7 Å². The second kappa shape index (κ2) is 3.96. The van der Waals surface area contributed by atoms with E-state index in [9.17, 15) is 8.42 Å². The lowest BCUT2D eigenvalue weighted by molar-refractivity contribution is 0.352. The van der Waals surface area contributed by atoms with Gasteiger partial charge in [-0.3, -0.25) is 0 Å². The fraction of sp³-hybridized carbons (Fsp3) is 0.700. The Morgan fingerprint density at radius 3 is 2.80 bits per heavy atom. The summed E-state index contributed by atoms with van der Waals surface area (Å²) in [5.41, 5.74) is 0. The number of rotatable bonds is 2. The van der Waals surface area contributed by atoms with Crippen LogP contribution in [-0.2, 0) is 9.84 Å². The highest BCUT2D eigenvalue weighted by atomic mass is 32.2. The van der Waals surface area contributed by atoms with Crippen LogP contribution in [0.5, 0.6) is 0 Å². The average molecular weight is 228 g/mol. The fourth-order valence-electron chi connectivity index (χ4n) is 2.27. The topological polar surface area (TPSA) is 52.0 Å². The summed E-state index contributed by atoms with van der Waals surface area (Å²) in [6, 6.07) is 0.306. The Labute approximate surface area is 90.2 Å². The van der Waals surface area contributed by atoms with E-state index in [0.29, 0.717) is 6.04 Å². The monoisotopic (exact) mass is 228 g/mol. The standard InChI is InChI=1S/C10H16N2O2S/c1-15(13,14)10-4-2-3-9(7-10)12-6-5-11-8-12/h5-6,8-10H,2-4,7H2,1H3. The molecule has 0 N–H and O–H groups in total. The third-order valence-corrected chi connectivity index (χ3v) is 4.79. The summed E-state index contributed by atoms with van der Waals surface area (Å²) in [7, 11) is -2.88. The molecule has 0 aliphatic heterocycles. The smallest absolute Gasteiger partial charge is 0.150 e. The van der Waals surface area contributed by atoms with Crippen molar-refractivity contribution in [2.75, 3.05) is 6.26 Å². The zero-order valence-electron chi connectivity index (χ0n) is 8.83. The molecule has 0 bridgehead atoms. The summed E-state index contributed by atoms with van der Waals surface area (Å²) >= 11 is 0. The first kappa shape index (κ1) is 10.7. The van der Waals surface area contributed by atoms with Crippen LogP contribution >= 0.6 is 0 Å². The molecule has 1 aromatic heterocycles. The summed E-state index contributed by atoms with van der Waals surface area (Å²) in [6.07, 6.45) is 10.4. The van der Waals surface area contributed by atoms with Crippen LogP contribution in [0.15, 0.2) is 18.7 Å². The number of hydrogen-bond acceptors (Lipinski definition) is 3. The number of sulfone groups is 1. The first-order chi connectivity index (χ1) is 7.07. The molecule has 1 saturated carbocycles. The summed E-state index contributed by atoms with van der Waals surface area (Å²) in [4.78, 5) is 4.00. The lowest BCUT2D eigenvalue weighted by Crippen LogP contribution is -2.28. The Kier molecular flexibility index (Phi) is 2.82. The van der Waals surface area contributed by atoms with Gasteiger partial charge in [-0.05, 0) is 19.3 Å². The molecule has 0 spiro atoms. The molecule has 2 unspecified atom stereocenters. The van der Waals surface area contributed by atoms with Crippen molar-refractivity contribution in [1.29, 1.82) is 0 Å². The molecule has 1 fully saturated rings. The van der Waals surface area contributed by atoms with Crippen molar-refractivity contribution in [3.63, 3.8) is 0 Å². The first-order valence-corrected chi connectivity index (χ1v) is 7.19. The Morgan fingerprint density at radius 2 is 2.20 bits per heavy atom. The van der Waals surface area contributed by atoms with Crippen molar-refractivity contribution in [3.05, 3.63) is 18.7 Å². The lowest BCUT2D eigenvalue weighted by atomic mass is 9.95. The molecule has 84 valence electrons. The van der Waals surface area contributed by atoms with Crippen LogP contribution in [0.2, 0.25) is 0 Å². The molecular formula is C10H16N2O2S. The highest BCUT2D eigenvalue weighted by molar-refractivity contribution is 7.91. The van der Waals surface area contributed by atoms with Crippen LogP contribution in [0.25, 0.3) is 0 Å². The Morgan fingerprint density at radius 1 is 1.40 bits per heavy atom. The molecule has 0 aromatic carbocycles. The molecule has 5 heteroatoms. The maximum absolute atomic E-state index is 11.5. The molecule has 15 heavy (non-hydrogen) atoms. The van der Waals surface area contributed by atoms with Crippen LogP contribution in [0.4, 0.5) is 0 Å². The predicted octanol–water partition coefficient (Wildman–Crippen LogP) is 1.41. The molecule has 0 amide bonds. The minimum absolute atomic E-state index is 0.168. The molecule has 4 nitrogen and oxygen atoms in total. The molecule has 0 radical (unpaired) electrons. The van der Waals surface area contributed by atoms with Crippen molar-refractivity contribution in [2.45, 2.75) is 37.0 Å². The minimum atomic E-state index is -2.88. The van der Waals surface area contributed by atoms with E-state index in [1.165, 1.54) is 6.26 Å². The predicted molar refractivity (Wildman–Crippen MR) is 58.4 cm³/mol. The van der Waals surface area contributed by atoms with Gasteiger partial charge in [-0.1, -0.05) is 6.42 Å². The molecular weight excluding hydrogens is 212 g/mol. The average Bonchev–Trinajstić information content (AvgIpc) is 2.69. The largest absolute Gasteiger partial charge is 0.334 e. The van der Waals surface area contributed by atoms with Crippen LogP contribution in [0.1, 0.15) is 31.7 Å². The van der Waals surface area contributed by atoms with Gasteiger partial charge in [-0.15, -0.1) is 0 Å². The van der Waals surface area contributed by atoms with Crippen LogP contribution in [-0.4, -0.2) is 29.5 Å². The van der Waals surface area contributed by atoms with E-state index in [2.05, 4.69) is 4.98 Å². The second-order valence-corrected chi connectivity index (χ2v) is 6.61. The van der Waals surface area contributed by atoms with Gasteiger partial charge in [0.15, 0.2) is 0 Å². The minimum Gasteiger partial charge on any atom is -0.334 e. The van der Waals surface area contributed by atoms with Gasteiger partial charge in [0.05, 0.1) is 11.6 Å². The van der Waals surface area contributed by atoms with E-state index < -0.39 is 9.84 Å². The summed E-state index contributed by atoms with van der Waals surface area (Å²) in [6.45, 7) is 0. The van der Waals surface area contributed by atoms with Gasteiger partial charge in [0.2, 0.25) is 0 Å². The van der Waals surface area contributed by atoms with E-state index in [1.54, 1.807) is 12.5 Å². The Balaban J connectivity index is 2.12. The third-order valence-electron chi connectivity index (χ3n) is 3.15. The van der Waals surface area contributed by atoms with Gasteiger partial charge >= 0.3 is 0 Å². The molecule has 2 atom stereocenters. The summed E-state index contributed by atoms with van der Waals surface area (Å²) in [5.74, 6) is 0. The SMILES string of the molecule is CS(=O)(=O)C1CCCC(n2ccnc2)C1. The van der Waals surface area contributed by atoms with E-state index >= 15 is 0 Å². The maximum Gasteiger partial charge on any atom is 0.150 e. The van der Waals surface area contributed by atoms with E-state index in [0.717, 1.165) is 25.7 Å². The second-order valence-electron chi connectivity index (χ2n) is 4.28. The molecule has 1 aliphatic carbocycles. The highest BCUT2D eigenvalue weighted by Gasteiger charge is 2.29. The zero-order valence-corrected chi connectivity index (χ0v) is 9.65. The Hall–Kier alpha value is -0.840. The number of imidazole rings is 1. The number of hydrogen-bond donors (Lipinski definition) is 0. The summed E-state index contributed by atoms with van der Waals surface area (Å²) < 4.78 is 25.0. The normalized spacial score (nSPS) is 27.8. The van der Waals surface area contributed by atoms with Gasteiger partial charge in [-0.2, -0.15) is 0 Å². The van der Waals surface area contributed by atoms with E-state index in [-0.39, 0.29) is 5.25 Å². The lowest BCUT2D eigenvalue weighted by Gasteiger charge is -2.28.